The van der Waals surface area contributed by atoms with Crippen molar-refractivity contribution >= 4 is 16.8 Å². The summed E-state index contributed by atoms with van der Waals surface area (Å²) in [7, 11) is 1.68. The largest absolute Gasteiger partial charge is 0.491 e. The van der Waals surface area contributed by atoms with Gasteiger partial charge >= 0.3 is 0 Å². The number of aromatic nitrogens is 1. The Morgan fingerprint density at radius 3 is 2.92 bits per heavy atom. The zero-order valence-corrected chi connectivity index (χ0v) is 14.1. The lowest BCUT2D eigenvalue weighted by Gasteiger charge is -2.11. The number of fused-ring (bicyclic) bond motifs is 2. The van der Waals surface area contributed by atoms with Crippen molar-refractivity contribution in [3.05, 3.63) is 65.9 Å². The number of rotatable bonds is 5. The number of carbonyl (C=O) groups excluding carboxylic acids is 1. The lowest BCUT2D eigenvalue weighted by molar-refractivity contribution is 0.0931. The molecule has 2 heterocycles. The molecule has 0 aliphatic carbocycles. The smallest absolute Gasteiger partial charge is 0.254 e. The van der Waals surface area contributed by atoms with E-state index < -0.39 is 0 Å². The van der Waals surface area contributed by atoms with E-state index in [-0.39, 0.29) is 11.9 Å². The van der Waals surface area contributed by atoms with Crippen LogP contribution < -0.4 is 10.1 Å². The minimum atomic E-state index is -0.121. The Balaban J connectivity index is 1.62. The van der Waals surface area contributed by atoms with Crippen molar-refractivity contribution < 1.29 is 14.3 Å². The number of methoxy groups -OCH3 is 1. The number of ether oxygens (including phenoxy) is 2. The van der Waals surface area contributed by atoms with Crippen molar-refractivity contribution in [3.63, 3.8) is 0 Å². The number of nitrogens with zero attached hydrogens (tertiary/aromatic N) is 1. The summed E-state index contributed by atoms with van der Waals surface area (Å²) >= 11 is 0. The van der Waals surface area contributed by atoms with Crippen molar-refractivity contribution in [2.45, 2.75) is 12.6 Å². The van der Waals surface area contributed by atoms with Gasteiger partial charge in [-0.05, 0) is 12.1 Å². The fourth-order valence-electron chi connectivity index (χ4n) is 3.32. The highest BCUT2D eigenvalue weighted by Crippen LogP contribution is 2.32. The van der Waals surface area contributed by atoms with Crippen LogP contribution in [0.2, 0.25) is 0 Å². The third-order valence-corrected chi connectivity index (χ3v) is 4.57. The molecule has 0 spiro atoms. The van der Waals surface area contributed by atoms with E-state index in [9.17, 15) is 4.79 Å². The molecule has 1 aromatic heterocycles. The Kier molecular flexibility index (Phi) is 4.15. The van der Waals surface area contributed by atoms with Gasteiger partial charge in [-0.2, -0.15) is 0 Å². The van der Waals surface area contributed by atoms with Gasteiger partial charge in [-0.1, -0.05) is 36.4 Å². The van der Waals surface area contributed by atoms with Crippen LogP contribution in [0.15, 0.2) is 54.7 Å². The van der Waals surface area contributed by atoms with Crippen molar-refractivity contribution in [1.82, 2.24) is 9.88 Å². The minimum absolute atomic E-state index is 0.0855. The number of benzene rings is 2. The van der Waals surface area contributed by atoms with E-state index in [0.717, 1.165) is 22.2 Å². The van der Waals surface area contributed by atoms with Crippen LogP contribution in [0.4, 0.5) is 0 Å². The van der Waals surface area contributed by atoms with Crippen molar-refractivity contribution in [2.75, 3.05) is 20.3 Å². The van der Waals surface area contributed by atoms with Crippen molar-refractivity contribution in [3.8, 4) is 5.75 Å². The van der Waals surface area contributed by atoms with Crippen LogP contribution in [0, 0.1) is 0 Å². The quantitative estimate of drug-likeness (QED) is 0.779. The number of carbonyl (C=O) groups is 1. The van der Waals surface area contributed by atoms with Gasteiger partial charge in [0.15, 0.2) is 0 Å². The highest BCUT2D eigenvalue weighted by Gasteiger charge is 2.26. The molecular weight excluding hydrogens is 316 g/mol. The zero-order valence-electron chi connectivity index (χ0n) is 14.1. The van der Waals surface area contributed by atoms with Crippen LogP contribution in [-0.4, -0.2) is 30.8 Å². The number of hydrogen-bond donors (Lipinski definition) is 1. The molecule has 0 fully saturated rings. The average molecular weight is 336 g/mol. The summed E-state index contributed by atoms with van der Waals surface area (Å²) in [6, 6.07) is 15.6. The van der Waals surface area contributed by atoms with Crippen LogP contribution >= 0.6 is 0 Å². The fraction of sp³-hybridized carbons (Fsp3) is 0.250. The highest BCUT2D eigenvalue weighted by molar-refractivity contribution is 6.07. The van der Waals surface area contributed by atoms with Crippen LogP contribution in [0.1, 0.15) is 22.0 Å². The molecule has 0 saturated carbocycles. The van der Waals surface area contributed by atoms with Gasteiger partial charge in [0, 0.05) is 36.3 Å². The Morgan fingerprint density at radius 2 is 2.04 bits per heavy atom. The number of para-hydroxylation sites is 2. The lowest BCUT2D eigenvalue weighted by Crippen LogP contribution is -2.29. The Morgan fingerprint density at radius 1 is 1.24 bits per heavy atom. The molecule has 2 aromatic carbocycles. The number of hydrogen-bond acceptors (Lipinski definition) is 3. The van der Waals surface area contributed by atoms with Gasteiger partial charge in [0.2, 0.25) is 0 Å². The third-order valence-electron chi connectivity index (χ3n) is 4.57. The summed E-state index contributed by atoms with van der Waals surface area (Å²) < 4.78 is 12.9. The molecule has 1 N–H and O–H groups in total. The van der Waals surface area contributed by atoms with Crippen LogP contribution in [-0.2, 0) is 11.3 Å². The van der Waals surface area contributed by atoms with E-state index in [1.54, 1.807) is 7.11 Å². The summed E-state index contributed by atoms with van der Waals surface area (Å²) in [6.07, 6.45) is 1.90. The topological polar surface area (TPSA) is 52.5 Å². The zero-order chi connectivity index (χ0) is 17.2. The maximum atomic E-state index is 12.9. The van der Waals surface area contributed by atoms with E-state index >= 15 is 0 Å². The third kappa shape index (κ3) is 2.87. The molecule has 128 valence electrons. The van der Waals surface area contributed by atoms with E-state index in [1.165, 1.54) is 0 Å². The number of amides is 1. The molecular formula is C20H20N2O3. The second-order valence-electron chi connectivity index (χ2n) is 6.12. The molecule has 0 bridgehead atoms. The first kappa shape index (κ1) is 15.7. The standard InChI is InChI=1S/C20H20N2O3/c1-24-11-10-22-12-16(14-6-2-4-8-18(14)22)20(23)21-17-13-25-19-9-5-3-7-15(17)19/h2-9,12,17H,10-11,13H2,1H3,(H,21,23)/t17-/m0/s1. The fourth-order valence-corrected chi connectivity index (χ4v) is 3.32. The molecule has 1 atom stereocenters. The molecule has 1 aliphatic heterocycles. The molecule has 1 aliphatic rings. The molecule has 25 heavy (non-hydrogen) atoms. The first-order valence-electron chi connectivity index (χ1n) is 8.37. The van der Waals surface area contributed by atoms with Crippen molar-refractivity contribution in [1.29, 1.82) is 0 Å². The summed E-state index contributed by atoms with van der Waals surface area (Å²) in [5.41, 5.74) is 2.74. The maximum absolute atomic E-state index is 12.9. The summed E-state index contributed by atoms with van der Waals surface area (Å²) in [4.78, 5) is 12.9. The van der Waals surface area contributed by atoms with E-state index in [4.69, 9.17) is 9.47 Å². The Labute approximate surface area is 146 Å². The molecule has 4 rings (SSSR count). The van der Waals surface area contributed by atoms with Crippen LogP contribution in [0.5, 0.6) is 5.75 Å². The summed E-state index contributed by atoms with van der Waals surface area (Å²) in [5, 5.41) is 4.05. The molecule has 0 radical (unpaired) electrons. The Bertz CT molecular complexity index is 916. The number of nitrogens with one attached hydrogen (secondary N) is 1. The normalized spacial score (nSPS) is 15.8. The van der Waals surface area contributed by atoms with E-state index in [1.807, 2.05) is 54.7 Å². The second-order valence-corrected chi connectivity index (χ2v) is 6.12. The SMILES string of the molecule is COCCn1cc(C(=O)N[C@H]2COc3ccccc32)c2ccccc21. The van der Waals surface area contributed by atoms with Gasteiger partial charge in [-0.25, -0.2) is 0 Å². The van der Waals surface area contributed by atoms with Gasteiger partial charge in [0.25, 0.3) is 5.91 Å². The first-order valence-corrected chi connectivity index (χ1v) is 8.37. The van der Waals surface area contributed by atoms with Crippen molar-refractivity contribution in [2.24, 2.45) is 0 Å². The van der Waals surface area contributed by atoms with Crippen LogP contribution in [0.25, 0.3) is 10.9 Å². The first-order chi connectivity index (χ1) is 12.3. The van der Waals surface area contributed by atoms with Gasteiger partial charge in [0.05, 0.1) is 18.2 Å². The second kappa shape index (κ2) is 6.61. The molecule has 5 nitrogen and oxygen atoms in total. The average Bonchev–Trinajstić information content (AvgIpc) is 3.22. The minimum Gasteiger partial charge on any atom is -0.491 e. The Hall–Kier alpha value is -2.79. The molecule has 1 amide bonds. The van der Waals surface area contributed by atoms with Gasteiger partial charge < -0.3 is 19.4 Å². The molecule has 0 unspecified atom stereocenters. The van der Waals surface area contributed by atoms with Gasteiger partial charge in [-0.15, -0.1) is 0 Å². The lowest BCUT2D eigenvalue weighted by atomic mass is 10.1. The maximum Gasteiger partial charge on any atom is 0.254 e. The molecule has 0 saturated heterocycles. The van der Waals surface area contributed by atoms with Gasteiger partial charge in [-0.3, -0.25) is 4.79 Å². The van der Waals surface area contributed by atoms with E-state index in [2.05, 4.69) is 9.88 Å². The predicted octanol–water partition coefficient (Wildman–Crippen LogP) is 3.15. The summed E-state index contributed by atoms with van der Waals surface area (Å²) in [6.45, 7) is 1.77. The molecule has 5 heteroatoms. The summed E-state index contributed by atoms with van der Waals surface area (Å²) in [5.74, 6) is 0.757. The monoisotopic (exact) mass is 336 g/mol. The van der Waals surface area contributed by atoms with Gasteiger partial charge in [0.1, 0.15) is 12.4 Å². The van der Waals surface area contributed by atoms with Crippen LogP contribution in [0.3, 0.4) is 0 Å². The predicted molar refractivity (Wildman–Crippen MR) is 96.0 cm³/mol. The molecule has 3 aromatic rings. The highest BCUT2D eigenvalue weighted by atomic mass is 16.5. The van der Waals surface area contributed by atoms with E-state index in [0.29, 0.717) is 25.3 Å².